The molecule has 0 N–H and O–H groups in total. The van der Waals surface area contributed by atoms with Crippen molar-refractivity contribution in [3.05, 3.63) is 59.4 Å². The lowest BCUT2D eigenvalue weighted by atomic mass is 10.1. The van der Waals surface area contributed by atoms with Gasteiger partial charge in [-0.05, 0) is 30.3 Å². The molecule has 0 unspecified atom stereocenters. The van der Waals surface area contributed by atoms with Gasteiger partial charge < -0.3 is 14.7 Å². The van der Waals surface area contributed by atoms with Crippen LogP contribution < -0.4 is 9.80 Å². The highest BCUT2D eigenvalue weighted by Gasteiger charge is 2.38. The summed E-state index contributed by atoms with van der Waals surface area (Å²) in [5.74, 6) is -1.11. The van der Waals surface area contributed by atoms with Gasteiger partial charge in [0.25, 0.3) is 0 Å². The second kappa shape index (κ2) is 7.80. The van der Waals surface area contributed by atoms with Gasteiger partial charge in [0, 0.05) is 49.9 Å². The van der Waals surface area contributed by atoms with Crippen LogP contribution in [0.4, 0.5) is 15.8 Å². The van der Waals surface area contributed by atoms with E-state index in [4.69, 9.17) is 11.6 Å². The summed E-state index contributed by atoms with van der Waals surface area (Å²) in [6.45, 7) is 2.84. The summed E-state index contributed by atoms with van der Waals surface area (Å²) in [5, 5.41) is 0.689. The molecular weight excluding hydrogens is 381 g/mol. The van der Waals surface area contributed by atoms with Crippen molar-refractivity contribution in [2.45, 2.75) is 6.42 Å². The van der Waals surface area contributed by atoms with Gasteiger partial charge in [-0.25, -0.2) is 4.39 Å². The highest BCUT2D eigenvalue weighted by molar-refractivity contribution is 6.30. The van der Waals surface area contributed by atoms with Crippen molar-refractivity contribution < 1.29 is 14.0 Å². The van der Waals surface area contributed by atoms with Crippen molar-refractivity contribution in [1.82, 2.24) is 4.90 Å². The third kappa shape index (κ3) is 3.69. The molecule has 0 aliphatic carbocycles. The highest BCUT2D eigenvalue weighted by atomic mass is 35.5. The molecule has 2 fully saturated rings. The molecule has 2 amide bonds. The molecule has 2 aliphatic rings. The molecule has 7 heteroatoms. The molecular formula is C21H21ClFN3O2. The molecule has 2 heterocycles. The van der Waals surface area contributed by atoms with Crippen molar-refractivity contribution in [1.29, 1.82) is 0 Å². The number of piperazine rings is 1. The summed E-state index contributed by atoms with van der Waals surface area (Å²) in [5.41, 5.74) is 1.29. The number of rotatable bonds is 3. The second-order valence-corrected chi connectivity index (χ2v) is 7.59. The zero-order chi connectivity index (χ0) is 19.7. The number of carbonyl (C=O) groups excluding carboxylic acids is 2. The van der Waals surface area contributed by atoms with Crippen molar-refractivity contribution in [2.24, 2.45) is 5.92 Å². The molecule has 0 aromatic heterocycles. The normalized spacial score (nSPS) is 20.0. The first-order valence-electron chi connectivity index (χ1n) is 9.37. The van der Waals surface area contributed by atoms with Crippen molar-refractivity contribution in [3.63, 3.8) is 0 Å². The Morgan fingerprint density at radius 3 is 2.50 bits per heavy atom. The quantitative estimate of drug-likeness (QED) is 0.793. The van der Waals surface area contributed by atoms with E-state index >= 15 is 0 Å². The molecule has 0 radical (unpaired) electrons. The van der Waals surface area contributed by atoms with Gasteiger partial charge in [0.2, 0.25) is 11.8 Å². The second-order valence-electron chi connectivity index (χ2n) is 7.15. The Morgan fingerprint density at radius 1 is 1.04 bits per heavy atom. The van der Waals surface area contributed by atoms with Gasteiger partial charge in [-0.15, -0.1) is 0 Å². The first-order chi connectivity index (χ1) is 13.5. The average Bonchev–Trinajstić information content (AvgIpc) is 3.09. The number of para-hydroxylation sites is 1. The van der Waals surface area contributed by atoms with E-state index in [1.54, 1.807) is 18.2 Å². The summed E-state index contributed by atoms with van der Waals surface area (Å²) < 4.78 is 14.0. The first kappa shape index (κ1) is 18.7. The number of hydrogen-bond donors (Lipinski definition) is 0. The molecule has 1 atom stereocenters. The Bertz CT molecular complexity index is 899. The van der Waals surface area contributed by atoms with Crippen LogP contribution in [0.15, 0.2) is 48.5 Å². The Kier molecular flexibility index (Phi) is 5.22. The van der Waals surface area contributed by atoms with Crippen LogP contribution in [0.5, 0.6) is 0 Å². The highest BCUT2D eigenvalue weighted by Crippen LogP contribution is 2.29. The predicted octanol–water partition coefficient (Wildman–Crippen LogP) is 3.18. The third-order valence-corrected chi connectivity index (χ3v) is 5.62. The number of anilines is 2. The fourth-order valence-electron chi connectivity index (χ4n) is 3.89. The number of amides is 2. The van der Waals surface area contributed by atoms with Crippen LogP contribution in [-0.4, -0.2) is 49.4 Å². The van der Waals surface area contributed by atoms with Crippen LogP contribution >= 0.6 is 11.6 Å². The van der Waals surface area contributed by atoms with Gasteiger partial charge in [-0.1, -0.05) is 29.8 Å². The summed E-state index contributed by atoms with van der Waals surface area (Å²) in [4.78, 5) is 30.7. The van der Waals surface area contributed by atoms with E-state index in [1.165, 1.54) is 11.0 Å². The van der Waals surface area contributed by atoms with E-state index in [1.807, 2.05) is 29.2 Å². The molecule has 146 valence electrons. The van der Waals surface area contributed by atoms with Crippen molar-refractivity contribution >= 4 is 34.8 Å². The number of halogens is 2. The molecule has 2 saturated heterocycles. The standard InChI is InChI=1S/C21H21ClFN3O2/c22-16-4-3-5-17(13-16)24-8-10-25(11-9-24)21(28)15-12-20(27)26(14-15)19-7-2-1-6-18(19)23/h1-7,13,15H,8-12,14H2/t15-/m1/s1. The van der Waals surface area contributed by atoms with Crippen LogP contribution in [0.1, 0.15) is 6.42 Å². The maximum atomic E-state index is 14.0. The molecule has 0 spiro atoms. The monoisotopic (exact) mass is 401 g/mol. The fraction of sp³-hybridized carbons (Fsp3) is 0.333. The van der Waals surface area contributed by atoms with E-state index in [2.05, 4.69) is 4.90 Å². The number of hydrogen-bond acceptors (Lipinski definition) is 3. The molecule has 0 saturated carbocycles. The van der Waals surface area contributed by atoms with Gasteiger partial charge in [0.05, 0.1) is 11.6 Å². The lowest BCUT2D eigenvalue weighted by Crippen LogP contribution is -2.50. The maximum absolute atomic E-state index is 14.0. The third-order valence-electron chi connectivity index (χ3n) is 5.38. The van der Waals surface area contributed by atoms with Gasteiger partial charge in [0.1, 0.15) is 5.82 Å². The molecule has 2 aromatic carbocycles. The minimum absolute atomic E-state index is 0.0297. The lowest BCUT2D eigenvalue weighted by molar-refractivity contribution is -0.136. The molecule has 28 heavy (non-hydrogen) atoms. The zero-order valence-electron chi connectivity index (χ0n) is 15.4. The van der Waals surface area contributed by atoms with Gasteiger partial charge in [0.15, 0.2) is 0 Å². The van der Waals surface area contributed by atoms with Crippen molar-refractivity contribution in [2.75, 3.05) is 42.5 Å². The van der Waals surface area contributed by atoms with Crippen LogP contribution in [0, 0.1) is 11.7 Å². The minimum atomic E-state index is -0.445. The van der Waals surface area contributed by atoms with E-state index in [9.17, 15) is 14.0 Å². The smallest absolute Gasteiger partial charge is 0.228 e. The SMILES string of the molecule is O=C([C@@H]1CC(=O)N(c2ccccc2F)C1)N1CCN(c2cccc(Cl)c2)CC1. The largest absolute Gasteiger partial charge is 0.368 e. The Balaban J connectivity index is 1.38. The van der Waals surface area contributed by atoms with Crippen molar-refractivity contribution in [3.8, 4) is 0 Å². The molecule has 4 rings (SSSR count). The molecule has 0 bridgehead atoms. The summed E-state index contributed by atoms with van der Waals surface area (Å²) in [6.07, 6.45) is 0.127. The Morgan fingerprint density at radius 2 is 1.79 bits per heavy atom. The topological polar surface area (TPSA) is 43.9 Å². The lowest BCUT2D eigenvalue weighted by Gasteiger charge is -2.37. The van der Waals surface area contributed by atoms with Gasteiger partial charge in [-0.2, -0.15) is 0 Å². The number of nitrogens with zero attached hydrogens (tertiary/aromatic N) is 3. The molecule has 2 aliphatic heterocycles. The van der Waals surface area contributed by atoms with Gasteiger partial charge in [-0.3, -0.25) is 9.59 Å². The Hall–Kier alpha value is -2.60. The molecule has 2 aromatic rings. The van der Waals surface area contributed by atoms with Crippen LogP contribution in [0.2, 0.25) is 5.02 Å². The molecule has 5 nitrogen and oxygen atoms in total. The predicted molar refractivity (Wildman–Crippen MR) is 107 cm³/mol. The summed E-state index contributed by atoms with van der Waals surface area (Å²) in [7, 11) is 0. The van der Waals surface area contributed by atoms with Gasteiger partial charge >= 0.3 is 0 Å². The van der Waals surface area contributed by atoms with E-state index in [0.717, 1.165) is 5.69 Å². The minimum Gasteiger partial charge on any atom is -0.368 e. The van der Waals surface area contributed by atoms with E-state index in [-0.39, 0.29) is 30.5 Å². The summed E-state index contributed by atoms with van der Waals surface area (Å²) in [6, 6.07) is 13.8. The van der Waals surface area contributed by atoms with Crippen LogP contribution in [0.25, 0.3) is 0 Å². The Labute approximate surface area is 168 Å². The average molecular weight is 402 g/mol. The fourth-order valence-corrected chi connectivity index (χ4v) is 4.08. The summed E-state index contributed by atoms with van der Waals surface area (Å²) >= 11 is 6.06. The van der Waals surface area contributed by atoms with E-state index in [0.29, 0.717) is 31.2 Å². The zero-order valence-corrected chi connectivity index (χ0v) is 16.1. The van der Waals surface area contributed by atoms with E-state index < -0.39 is 11.7 Å². The number of carbonyl (C=O) groups is 2. The maximum Gasteiger partial charge on any atom is 0.228 e. The van der Waals surface area contributed by atoms with Crippen LogP contribution in [-0.2, 0) is 9.59 Å². The first-order valence-corrected chi connectivity index (χ1v) is 9.75. The number of benzene rings is 2. The van der Waals surface area contributed by atoms with Crippen LogP contribution in [0.3, 0.4) is 0 Å².